The molecule has 0 aliphatic carbocycles. The van der Waals surface area contributed by atoms with E-state index in [9.17, 15) is 26.4 Å². The van der Waals surface area contributed by atoms with Crippen LogP contribution in [-0.2, 0) is 20.9 Å². The van der Waals surface area contributed by atoms with Crippen LogP contribution in [0.25, 0.3) is 0 Å². The Kier molecular flexibility index (Phi) is 5.14. The number of methoxy groups -OCH3 is 1. The molecule has 2 aromatic rings. The minimum absolute atomic E-state index is 0.111. The third kappa shape index (κ3) is 4.24. The number of primary sulfonamides is 1. The highest BCUT2D eigenvalue weighted by atomic mass is 32.2. The summed E-state index contributed by atoms with van der Waals surface area (Å²) in [7, 11) is -3.28. The lowest BCUT2D eigenvalue weighted by Gasteiger charge is -2.14. The van der Waals surface area contributed by atoms with Gasteiger partial charge in [0.1, 0.15) is 10.6 Å². The number of hydrogen-bond acceptors (Lipinski definition) is 6. The molecule has 26 heavy (non-hydrogen) atoms. The zero-order chi connectivity index (χ0) is 19.7. The summed E-state index contributed by atoms with van der Waals surface area (Å²) < 4.78 is 71.1. The summed E-state index contributed by atoms with van der Waals surface area (Å²) in [5.74, 6) is -1.39. The van der Waals surface area contributed by atoms with Crippen LogP contribution in [0.5, 0.6) is 11.5 Å². The smallest absolute Gasteiger partial charge is 0.416 e. The molecule has 0 spiro atoms. The van der Waals surface area contributed by atoms with Crippen LogP contribution < -0.4 is 15.6 Å². The number of hydrogen-bond donors (Lipinski definition) is 2. The average Bonchev–Trinajstić information content (AvgIpc) is 2.54. The van der Waals surface area contributed by atoms with Crippen molar-refractivity contribution in [2.45, 2.75) is 11.1 Å². The molecule has 0 fully saturated rings. The normalized spacial score (nSPS) is 11.9. The fraction of sp³-hybridized carbons (Fsp3) is 0.133. The summed E-state index contributed by atoms with van der Waals surface area (Å²) in [5.41, 5.74) is 4.36. The Morgan fingerprint density at radius 1 is 1.12 bits per heavy atom. The van der Waals surface area contributed by atoms with Crippen LogP contribution in [0.1, 0.15) is 15.9 Å². The van der Waals surface area contributed by atoms with Crippen molar-refractivity contribution in [1.82, 2.24) is 0 Å². The second kappa shape index (κ2) is 6.84. The number of esters is 1. The van der Waals surface area contributed by atoms with Gasteiger partial charge in [0.2, 0.25) is 10.0 Å². The molecule has 0 saturated carbocycles. The van der Waals surface area contributed by atoms with Crippen LogP contribution in [0.4, 0.5) is 18.9 Å². The number of carbonyl (C=O) groups excluding carboxylic acids is 1. The zero-order valence-electron chi connectivity index (χ0n) is 13.2. The number of nitrogens with two attached hydrogens (primary N) is 2. The summed E-state index contributed by atoms with van der Waals surface area (Å²) in [6.07, 6.45) is -4.54. The minimum atomic E-state index is -4.54. The molecule has 0 aliphatic heterocycles. The number of carbonyl (C=O) groups is 1. The molecule has 0 aromatic heterocycles. The Hall–Kier alpha value is -2.79. The Morgan fingerprint density at radius 3 is 2.15 bits per heavy atom. The second-order valence-electron chi connectivity index (χ2n) is 5.05. The monoisotopic (exact) mass is 390 g/mol. The molecule has 0 radical (unpaired) electrons. The molecule has 0 aliphatic rings. The Balaban J connectivity index is 2.50. The molecule has 140 valence electrons. The molecule has 0 unspecified atom stereocenters. The number of halogens is 3. The summed E-state index contributed by atoms with van der Waals surface area (Å²) in [6.45, 7) is 0. The van der Waals surface area contributed by atoms with Crippen molar-refractivity contribution in [2.75, 3.05) is 12.8 Å². The number of ether oxygens (including phenoxy) is 2. The quantitative estimate of drug-likeness (QED) is 0.611. The summed E-state index contributed by atoms with van der Waals surface area (Å²) >= 11 is 0. The van der Waals surface area contributed by atoms with E-state index in [0.717, 1.165) is 43.5 Å². The maximum absolute atomic E-state index is 12.6. The van der Waals surface area contributed by atoms with E-state index in [1.807, 2.05) is 0 Å². The molecule has 7 nitrogen and oxygen atoms in total. The maximum Gasteiger partial charge on any atom is 0.416 e. The summed E-state index contributed by atoms with van der Waals surface area (Å²) in [4.78, 5) is 11.0. The average molecular weight is 390 g/mol. The van der Waals surface area contributed by atoms with Gasteiger partial charge in [0.15, 0.2) is 5.75 Å². The molecule has 4 N–H and O–H groups in total. The van der Waals surface area contributed by atoms with Crippen LogP contribution in [0, 0.1) is 0 Å². The largest absolute Gasteiger partial charge is 0.465 e. The van der Waals surface area contributed by atoms with E-state index in [1.54, 1.807) is 0 Å². The van der Waals surface area contributed by atoms with Crippen LogP contribution in [0.15, 0.2) is 41.3 Å². The highest BCUT2D eigenvalue weighted by Crippen LogP contribution is 2.36. The Bertz CT molecular complexity index is 941. The Labute approximate surface area is 146 Å². The SMILES string of the molecule is COC(=O)c1cc(N)c(Oc2ccc(C(F)(F)F)cc2)c(S(N)(=O)=O)c1. The molecule has 0 bridgehead atoms. The summed E-state index contributed by atoms with van der Waals surface area (Å²) in [5, 5.41) is 5.11. The molecular weight excluding hydrogens is 377 g/mol. The van der Waals surface area contributed by atoms with Gasteiger partial charge >= 0.3 is 12.1 Å². The van der Waals surface area contributed by atoms with Crippen LogP contribution in [-0.4, -0.2) is 21.5 Å². The van der Waals surface area contributed by atoms with Gasteiger partial charge in [-0.1, -0.05) is 0 Å². The maximum atomic E-state index is 12.6. The van der Waals surface area contributed by atoms with E-state index in [1.165, 1.54) is 0 Å². The van der Waals surface area contributed by atoms with Crippen LogP contribution in [0.2, 0.25) is 0 Å². The minimum Gasteiger partial charge on any atom is -0.465 e. The third-order valence-corrected chi connectivity index (χ3v) is 4.13. The topological polar surface area (TPSA) is 122 Å². The lowest BCUT2D eigenvalue weighted by atomic mass is 10.2. The van der Waals surface area contributed by atoms with E-state index < -0.39 is 38.4 Å². The van der Waals surface area contributed by atoms with Gasteiger partial charge in [0, 0.05) is 0 Å². The van der Waals surface area contributed by atoms with E-state index in [-0.39, 0.29) is 17.0 Å². The van der Waals surface area contributed by atoms with Crippen molar-refractivity contribution in [3.63, 3.8) is 0 Å². The lowest BCUT2D eigenvalue weighted by Crippen LogP contribution is -2.16. The van der Waals surface area contributed by atoms with Gasteiger partial charge in [0.05, 0.1) is 23.9 Å². The van der Waals surface area contributed by atoms with Crippen molar-refractivity contribution < 1.29 is 35.9 Å². The van der Waals surface area contributed by atoms with Crippen molar-refractivity contribution in [3.8, 4) is 11.5 Å². The van der Waals surface area contributed by atoms with Gasteiger partial charge in [-0.3, -0.25) is 0 Å². The van der Waals surface area contributed by atoms with Gasteiger partial charge in [-0.2, -0.15) is 13.2 Å². The van der Waals surface area contributed by atoms with Gasteiger partial charge in [0.25, 0.3) is 0 Å². The van der Waals surface area contributed by atoms with Gasteiger partial charge in [-0.05, 0) is 36.4 Å². The fourth-order valence-corrected chi connectivity index (χ4v) is 2.72. The predicted octanol–water partition coefficient (Wildman–Crippen LogP) is 2.51. The molecule has 0 saturated heterocycles. The first-order valence-corrected chi connectivity index (χ1v) is 8.38. The Morgan fingerprint density at radius 2 is 1.69 bits per heavy atom. The van der Waals surface area contributed by atoms with Crippen molar-refractivity contribution in [3.05, 3.63) is 47.5 Å². The van der Waals surface area contributed by atoms with Crippen molar-refractivity contribution in [1.29, 1.82) is 0 Å². The number of anilines is 1. The van der Waals surface area contributed by atoms with E-state index in [2.05, 4.69) is 4.74 Å². The van der Waals surface area contributed by atoms with Crippen molar-refractivity contribution in [2.24, 2.45) is 5.14 Å². The molecule has 2 rings (SSSR count). The first kappa shape index (κ1) is 19.5. The number of benzene rings is 2. The zero-order valence-corrected chi connectivity index (χ0v) is 14.0. The molecule has 11 heteroatoms. The van der Waals surface area contributed by atoms with Gasteiger partial charge in [-0.15, -0.1) is 0 Å². The first-order valence-electron chi connectivity index (χ1n) is 6.83. The molecule has 2 aromatic carbocycles. The van der Waals surface area contributed by atoms with Crippen molar-refractivity contribution >= 4 is 21.7 Å². The number of rotatable bonds is 4. The molecular formula is C15H13F3N2O5S. The second-order valence-corrected chi connectivity index (χ2v) is 6.58. The standard InChI is InChI=1S/C15H13F3N2O5S/c1-24-14(21)8-6-11(19)13(12(7-8)26(20,22)23)25-10-4-2-9(3-5-10)15(16,17)18/h2-7H,19H2,1H3,(H2,20,22,23). The van der Waals surface area contributed by atoms with Gasteiger partial charge in [-0.25, -0.2) is 18.4 Å². The molecule has 0 heterocycles. The number of nitrogen functional groups attached to an aromatic ring is 1. The van der Waals surface area contributed by atoms with E-state index >= 15 is 0 Å². The predicted molar refractivity (Wildman–Crippen MR) is 85.1 cm³/mol. The van der Waals surface area contributed by atoms with Crippen LogP contribution >= 0.6 is 0 Å². The summed E-state index contributed by atoms with van der Waals surface area (Å²) in [6, 6.07) is 5.49. The fourth-order valence-electron chi connectivity index (χ4n) is 2.01. The van der Waals surface area contributed by atoms with E-state index in [4.69, 9.17) is 15.6 Å². The third-order valence-electron chi connectivity index (χ3n) is 3.21. The number of alkyl halides is 3. The highest BCUT2D eigenvalue weighted by Gasteiger charge is 2.30. The lowest BCUT2D eigenvalue weighted by molar-refractivity contribution is -0.137. The first-order chi connectivity index (χ1) is 11.9. The number of sulfonamides is 1. The van der Waals surface area contributed by atoms with E-state index in [0.29, 0.717) is 0 Å². The van der Waals surface area contributed by atoms with Gasteiger partial charge < -0.3 is 15.2 Å². The molecule has 0 amide bonds. The van der Waals surface area contributed by atoms with Crippen LogP contribution in [0.3, 0.4) is 0 Å². The molecule has 0 atom stereocenters. The highest BCUT2D eigenvalue weighted by molar-refractivity contribution is 7.89.